The predicted octanol–water partition coefficient (Wildman–Crippen LogP) is 2.55. The first-order valence-corrected chi connectivity index (χ1v) is 7.59. The molecule has 0 radical (unpaired) electrons. The van der Waals surface area contributed by atoms with Crippen LogP contribution >= 0.6 is 0 Å². The fourth-order valence-corrected chi connectivity index (χ4v) is 2.12. The van der Waals surface area contributed by atoms with Crippen LogP contribution < -0.4 is 9.47 Å². The molecule has 8 nitrogen and oxygen atoms in total. The fraction of sp³-hybridized carbons (Fsp3) is 0.500. The molecule has 1 aliphatic heterocycles. The molecule has 0 aliphatic carbocycles. The van der Waals surface area contributed by atoms with Gasteiger partial charge in [-0.05, 0) is 38.0 Å². The molecule has 2 rings (SSSR count). The molecule has 0 saturated carbocycles. The summed E-state index contributed by atoms with van der Waals surface area (Å²) in [5.41, 5.74) is 1.01. The van der Waals surface area contributed by atoms with E-state index in [9.17, 15) is 9.59 Å². The summed E-state index contributed by atoms with van der Waals surface area (Å²) in [6, 6.07) is 5.53. The lowest BCUT2D eigenvalue weighted by molar-refractivity contribution is -0.0231. The topological polar surface area (TPSA) is 83.5 Å². The van der Waals surface area contributed by atoms with Gasteiger partial charge in [0.05, 0.1) is 6.61 Å². The summed E-state index contributed by atoms with van der Waals surface area (Å²) >= 11 is 0. The second-order valence-electron chi connectivity index (χ2n) is 5.21. The highest BCUT2D eigenvalue weighted by atomic mass is 16.8. The lowest BCUT2D eigenvalue weighted by Crippen LogP contribution is -2.37. The molecule has 1 aromatic rings. The molecule has 0 spiro atoms. The molecule has 1 unspecified atom stereocenters. The summed E-state index contributed by atoms with van der Waals surface area (Å²) < 4.78 is 24.6. The van der Waals surface area contributed by atoms with Gasteiger partial charge in [0, 0.05) is 13.1 Å². The molecule has 1 atom stereocenters. The zero-order valence-corrected chi connectivity index (χ0v) is 13.9. The van der Waals surface area contributed by atoms with E-state index in [0.29, 0.717) is 12.2 Å². The van der Waals surface area contributed by atoms with Gasteiger partial charge < -0.3 is 28.6 Å². The number of fused-ring (bicyclic) bond motifs is 1. The zero-order valence-electron chi connectivity index (χ0n) is 13.9. The molecule has 1 amide bonds. The molecule has 8 heteroatoms. The number of carbonyl (C=O) groups is 2. The van der Waals surface area contributed by atoms with Crippen molar-refractivity contribution in [3.05, 3.63) is 23.8 Å². The summed E-state index contributed by atoms with van der Waals surface area (Å²) in [6.45, 7) is 3.47. The number of rotatable bonds is 6. The molecule has 0 N–H and O–H groups in total. The van der Waals surface area contributed by atoms with Crippen molar-refractivity contribution in [3.63, 3.8) is 0 Å². The van der Waals surface area contributed by atoms with E-state index in [0.717, 1.165) is 11.3 Å². The Bertz CT molecular complexity index is 590. The van der Waals surface area contributed by atoms with Crippen LogP contribution in [0, 0.1) is 0 Å². The van der Waals surface area contributed by atoms with Gasteiger partial charge >= 0.3 is 12.2 Å². The van der Waals surface area contributed by atoms with Crippen LogP contribution in [-0.4, -0.2) is 50.4 Å². The maximum absolute atomic E-state index is 11.9. The first kappa shape index (κ1) is 17.7. The normalized spacial score (nSPS) is 13.1. The van der Waals surface area contributed by atoms with E-state index in [1.54, 1.807) is 14.0 Å². The molecule has 0 aromatic heterocycles. The monoisotopic (exact) mass is 339 g/mol. The number of likely N-dealkylation sites (N-methyl/N-ethyl adjacent to an activating group) is 1. The summed E-state index contributed by atoms with van der Waals surface area (Å²) in [5, 5.41) is 0. The van der Waals surface area contributed by atoms with Crippen LogP contribution in [0.15, 0.2) is 18.2 Å². The quantitative estimate of drug-likeness (QED) is 0.582. The van der Waals surface area contributed by atoms with Gasteiger partial charge in [0.2, 0.25) is 13.6 Å². The van der Waals surface area contributed by atoms with Crippen molar-refractivity contribution in [1.82, 2.24) is 4.90 Å². The minimum atomic E-state index is -0.874. The van der Waals surface area contributed by atoms with Gasteiger partial charge in [-0.15, -0.1) is 0 Å². The Kier molecular flexibility index (Phi) is 6.11. The van der Waals surface area contributed by atoms with Gasteiger partial charge in [0.1, 0.15) is 0 Å². The third-order valence-corrected chi connectivity index (χ3v) is 3.54. The summed E-state index contributed by atoms with van der Waals surface area (Å²) in [6.07, 6.45) is -0.852. The number of nitrogens with zero attached hydrogens (tertiary/aromatic N) is 1. The third kappa shape index (κ3) is 4.68. The molecule has 0 bridgehead atoms. The maximum atomic E-state index is 11.9. The first-order chi connectivity index (χ1) is 11.5. The number of hydrogen-bond donors (Lipinski definition) is 0. The van der Waals surface area contributed by atoms with Crippen molar-refractivity contribution in [2.75, 3.05) is 27.2 Å². The van der Waals surface area contributed by atoms with Crippen molar-refractivity contribution < 1.29 is 33.3 Å². The lowest BCUT2D eigenvalue weighted by atomic mass is 10.1. The molecular weight excluding hydrogens is 318 g/mol. The molecular formula is C16H21NO7. The number of benzene rings is 1. The average molecular weight is 339 g/mol. The number of hydrogen-bond acceptors (Lipinski definition) is 7. The fourth-order valence-electron chi connectivity index (χ4n) is 2.12. The van der Waals surface area contributed by atoms with Gasteiger partial charge in [-0.3, -0.25) is 0 Å². The second kappa shape index (κ2) is 8.28. The minimum absolute atomic E-state index is 0.125. The SMILES string of the molecule is CCOC(=O)OCOC(=O)N(C)C(C)Cc1ccc2c(c1)OCO2. The number of amides is 1. The molecule has 1 aromatic carbocycles. The van der Waals surface area contributed by atoms with E-state index in [1.165, 1.54) is 4.90 Å². The van der Waals surface area contributed by atoms with E-state index in [-0.39, 0.29) is 19.4 Å². The average Bonchev–Trinajstić information content (AvgIpc) is 3.01. The van der Waals surface area contributed by atoms with Crippen LogP contribution in [-0.2, 0) is 20.6 Å². The molecule has 1 aliphatic rings. The van der Waals surface area contributed by atoms with E-state index in [2.05, 4.69) is 9.47 Å². The van der Waals surface area contributed by atoms with E-state index in [1.807, 2.05) is 25.1 Å². The molecule has 0 saturated heterocycles. The molecule has 1 heterocycles. The Morgan fingerprint density at radius 3 is 2.71 bits per heavy atom. The van der Waals surface area contributed by atoms with Crippen molar-refractivity contribution in [2.24, 2.45) is 0 Å². The van der Waals surface area contributed by atoms with Gasteiger partial charge in [0.15, 0.2) is 11.5 Å². The third-order valence-electron chi connectivity index (χ3n) is 3.54. The van der Waals surface area contributed by atoms with Crippen molar-refractivity contribution in [2.45, 2.75) is 26.3 Å². The number of carbonyl (C=O) groups excluding carboxylic acids is 2. The molecule has 0 fully saturated rings. The Balaban J connectivity index is 1.79. The van der Waals surface area contributed by atoms with Crippen LogP contribution in [0.5, 0.6) is 11.5 Å². The Labute approximate surface area is 140 Å². The van der Waals surface area contributed by atoms with Crippen molar-refractivity contribution in [3.8, 4) is 11.5 Å². The largest absolute Gasteiger partial charge is 0.511 e. The highest BCUT2D eigenvalue weighted by molar-refractivity contribution is 5.68. The van der Waals surface area contributed by atoms with Gasteiger partial charge in [0.25, 0.3) is 0 Å². The van der Waals surface area contributed by atoms with Crippen LogP contribution in [0.3, 0.4) is 0 Å². The van der Waals surface area contributed by atoms with Gasteiger partial charge in [-0.2, -0.15) is 0 Å². The van der Waals surface area contributed by atoms with Crippen molar-refractivity contribution >= 4 is 12.2 Å². The van der Waals surface area contributed by atoms with Crippen LogP contribution in [0.1, 0.15) is 19.4 Å². The maximum Gasteiger partial charge on any atom is 0.511 e. The lowest BCUT2D eigenvalue weighted by Gasteiger charge is -2.24. The summed E-state index contributed by atoms with van der Waals surface area (Å²) in [5.74, 6) is 1.42. The summed E-state index contributed by atoms with van der Waals surface area (Å²) in [4.78, 5) is 24.3. The highest BCUT2D eigenvalue weighted by Crippen LogP contribution is 2.32. The predicted molar refractivity (Wildman–Crippen MR) is 82.9 cm³/mol. The van der Waals surface area contributed by atoms with Crippen molar-refractivity contribution in [1.29, 1.82) is 0 Å². The van der Waals surface area contributed by atoms with Crippen LogP contribution in [0.4, 0.5) is 9.59 Å². The smallest absolute Gasteiger partial charge is 0.454 e. The van der Waals surface area contributed by atoms with E-state index in [4.69, 9.17) is 14.2 Å². The Hall–Kier alpha value is -2.64. The second-order valence-corrected chi connectivity index (χ2v) is 5.21. The van der Waals surface area contributed by atoms with E-state index >= 15 is 0 Å². The first-order valence-electron chi connectivity index (χ1n) is 7.59. The standard InChI is InChI=1S/C16H21NO7/c1-4-20-16(19)24-10-23-15(18)17(3)11(2)7-12-5-6-13-14(8-12)22-9-21-13/h5-6,8,11H,4,7,9-10H2,1-3H3. The molecule has 24 heavy (non-hydrogen) atoms. The van der Waals surface area contributed by atoms with Gasteiger partial charge in [-0.25, -0.2) is 9.59 Å². The van der Waals surface area contributed by atoms with Crippen LogP contribution in [0.2, 0.25) is 0 Å². The highest BCUT2D eigenvalue weighted by Gasteiger charge is 2.20. The molecule has 132 valence electrons. The summed E-state index contributed by atoms with van der Waals surface area (Å²) in [7, 11) is 1.62. The number of ether oxygens (including phenoxy) is 5. The zero-order chi connectivity index (χ0) is 17.5. The minimum Gasteiger partial charge on any atom is -0.454 e. The Morgan fingerprint density at radius 1 is 1.21 bits per heavy atom. The van der Waals surface area contributed by atoms with Gasteiger partial charge in [-0.1, -0.05) is 6.07 Å². The van der Waals surface area contributed by atoms with Crippen LogP contribution in [0.25, 0.3) is 0 Å². The Morgan fingerprint density at radius 2 is 1.96 bits per heavy atom. The van der Waals surface area contributed by atoms with E-state index < -0.39 is 19.0 Å².